The van der Waals surface area contributed by atoms with Crippen molar-refractivity contribution in [1.29, 1.82) is 0 Å². The number of rotatable bonds is 11. The Bertz CT molecular complexity index is 1070. The fourth-order valence-corrected chi connectivity index (χ4v) is 7.34. The number of benzene rings is 1. The number of nitrogens with one attached hydrogen (secondary N) is 1. The van der Waals surface area contributed by atoms with E-state index in [9.17, 15) is 19.5 Å². The van der Waals surface area contributed by atoms with Gasteiger partial charge in [0.2, 0.25) is 11.8 Å². The summed E-state index contributed by atoms with van der Waals surface area (Å²) in [5.41, 5.74) is -0.432. The van der Waals surface area contributed by atoms with Gasteiger partial charge in [-0.3, -0.25) is 14.4 Å². The molecule has 2 N–H and O–H groups in total. The molecule has 2 amide bonds. The van der Waals surface area contributed by atoms with Crippen LogP contribution >= 0.6 is 0 Å². The van der Waals surface area contributed by atoms with Crippen molar-refractivity contribution in [2.24, 2.45) is 23.7 Å². The number of aliphatic hydroxyl groups is 1. The van der Waals surface area contributed by atoms with E-state index in [0.29, 0.717) is 18.5 Å². The van der Waals surface area contributed by atoms with E-state index in [0.717, 1.165) is 18.8 Å². The Morgan fingerprint density at radius 2 is 1.85 bits per heavy atom. The number of carbonyl (C=O) groups is 3. The molecule has 3 unspecified atom stereocenters. The van der Waals surface area contributed by atoms with E-state index in [-0.39, 0.29) is 36.9 Å². The number of hydrogen-bond donors (Lipinski definition) is 2. The summed E-state index contributed by atoms with van der Waals surface area (Å²) >= 11 is 0. The van der Waals surface area contributed by atoms with Crippen LogP contribution in [0.25, 0.3) is 0 Å². The van der Waals surface area contributed by atoms with Crippen LogP contribution in [0, 0.1) is 23.7 Å². The van der Waals surface area contributed by atoms with Gasteiger partial charge in [-0.25, -0.2) is 0 Å². The van der Waals surface area contributed by atoms with Crippen LogP contribution in [-0.4, -0.2) is 77.4 Å². The van der Waals surface area contributed by atoms with E-state index in [1.807, 2.05) is 52.0 Å². The van der Waals surface area contributed by atoms with Gasteiger partial charge < -0.3 is 29.7 Å². The second-order valence-electron chi connectivity index (χ2n) is 11.9. The molecular formula is C30H45N3O6. The number of aliphatic hydroxyl groups excluding tert-OH is 1. The van der Waals surface area contributed by atoms with Crippen LogP contribution in [0.2, 0.25) is 0 Å². The van der Waals surface area contributed by atoms with E-state index >= 15 is 0 Å². The zero-order valence-corrected chi connectivity index (χ0v) is 24.4. The molecule has 1 spiro atoms. The molecule has 0 radical (unpaired) electrons. The van der Waals surface area contributed by atoms with Crippen molar-refractivity contribution in [3.63, 3.8) is 0 Å². The minimum absolute atomic E-state index is 0.0720. The maximum Gasteiger partial charge on any atom is 0.312 e. The van der Waals surface area contributed by atoms with Gasteiger partial charge in [-0.15, -0.1) is 0 Å². The van der Waals surface area contributed by atoms with Gasteiger partial charge in [0, 0.05) is 24.5 Å². The Balaban J connectivity index is 1.74. The quantitative estimate of drug-likeness (QED) is 0.412. The fraction of sp³-hybridized carbons (Fsp3) is 0.700. The lowest BCUT2D eigenvalue weighted by atomic mass is 9.62. The first kappa shape index (κ1) is 29.3. The standard InChI is InChI=1S/C30H45N3O6/c1-8-32(9-2)21-13-11-20(12-14-21)31-26(35)25-30-16-19(6)29(7,39-30)24(28(37)38-10-3)23(30)27(36)33(25)22(17-34)15-18(4)5/h11-14,18-19,22-25,34H,8-10,15-17H2,1-7H3,(H,31,35)/t19?,22-,23+,24-,25?,29+,30?/m1/s1. The third-order valence-electron chi connectivity index (χ3n) is 9.15. The summed E-state index contributed by atoms with van der Waals surface area (Å²) in [5, 5.41) is 13.4. The van der Waals surface area contributed by atoms with Gasteiger partial charge in [-0.1, -0.05) is 20.8 Å². The van der Waals surface area contributed by atoms with Crippen LogP contribution in [0.4, 0.5) is 11.4 Å². The number of esters is 1. The topological polar surface area (TPSA) is 108 Å². The van der Waals surface area contributed by atoms with Gasteiger partial charge in [0.1, 0.15) is 17.6 Å². The highest BCUT2D eigenvalue weighted by Crippen LogP contribution is 2.65. The monoisotopic (exact) mass is 543 g/mol. The molecular weight excluding hydrogens is 498 g/mol. The predicted molar refractivity (Wildman–Crippen MR) is 149 cm³/mol. The summed E-state index contributed by atoms with van der Waals surface area (Å²) in [6.07, 6.45) is 0.982. The number of carbonyl (C=O) groups excluding carboxylic acids is 3. The third kappa shape index (κ3) is 4.71. The zero-order valence-electron chi connectivity index (χ0n) is 24.4. The lowest BCUT2D eigenvalue weighted by Crippen LogP contribution is -2.56. The van der Waals surface area contributed by atoms with Crippen LogP contribution in [-0.2, 0) is 23.9 Å². The Morgan fingerprint density at radius 1 is 1.21 bits per heavy atom. The summed E-state index contributed by atoms with van der Waals surface area (Å²) in [4.78, 5) is 45.4. The van der Waals surface area contributed by atoms with Crippen LogP contribution in [0.1, 0.15) is 61.3 Å². The lowest BCUT2D eigenvalue weighted by molar-refractivity contribution is -0.162. The van der Waals surface area contributed by atoms with Gasteiger partial charge in [0.15, 0.2) is 0 Å². The molecule has 0 aliphatic carbocycles. The van der Waals surface area contributed by atoms with Gasteiger partial charge in [-0.2, -0.15) is 0 Å². The SMILES string of the molecule is CCOC(=O)[C@H]1[C@H]2C(=O)N([C@@H](CO)CC(C)C)C(C(=O)Nc3ccc(N(CC)CC)cc3)C23CC(C)[C@]1(C)O3. The molecule has 7 atom stereocenters. The molecule has 3 aliphatic heterocycles. The lowest BCUT2D eigenvalue weighted by Gasteiger charge is -2.37. The fourth-order valence-electron chi connectivity index (χ4n) is 7.34. The molecule has 9 heteroatoms. The maximum absolute atomic E-state index is 14.2. The Labute approximate surface area is 232 Å². The maximum atomic E-state index is 14.2. The largest absolute Gasteiger partial charge is 0.466 e. The third-order valence-corrected chi connectivity index (χ3v) is 9.15. The number of hydrogen-bond acceptors (Lipinski definition) is 7. The molecule has 3 fully saturated rings. The Morgan fingerprint density at radius 3 is 2.38 bits per heavy atom. The van der Waals surface area contributed by atoms with Crippen LogP contribution in [0.15, 0.2) is 24.3 Å². The highest BCUT2D eigenvalue weighted by Gasteiger charge is 2.80. The van der Waals surface area contributed by atoms with Crippen LogP contribution in [0.5, 0.6) is 0 Å². The second-order valence-corrected chi connectivity index (χ2v) is 11.9. The van der Waals surface area contributed by atoms with E-state index in [1.54, 1.807) is 6.92 Å². The average molecular weight is 544 g/mol. The summed E-state index contributed by atoms with van der Waals surface area (Å²) in [7, 11) is 0. The van der Waals surface area contributed by atoms with Crippen LogP contribution < -0.4 is 10.2 Å². The molecule has 4 rings (SSSR count). The highest BCUT2D eigenvalue weighted by atomic mass is 16.6. The number of ether oxygens (including phenoxy) is 2. The van der Waals surface area contributed by atoms with Crippen molar-refractivity contribution < 1.29 is 29.0 Å². The summed E-state index contributed by atoms with van der Waals surface area (Å²) in [5.74, 6) is -2.72. The molecule has 39 heavy (non-hydrogen) atoms. The predicted octanol–water partition coefficient (Wildman–Crippen LogP) is 3.45. The molecule has 2 bridgehead atoms. The van der Waals surface area contributed by atoms with Gasteiger partial charge >= 0.3 is 5.97 Å². The number of likely N-dealkylation sites (tertiary alicyclic amines) is 1. The number of nitrogens with zero attached hydrogens (tertiary/aromatic N) is 2. The molecule has 1 aromatic carbocycles. The van der Waals surface area contributed by atoms with Crippen molar-refractivity contribution in [3.8, 4) is 0 Å². The Hall–Kier alpha value is -2.65. The average Bonchev–Trinajstić information content (AvgIpc) is 3.41. The summed E-state index contributed by atoms with van der Waals surface area (Å²) in [6.45, 7) is 15.5. The Kier molecular flexibility index (Phi) is 8.34. The highest BCUT2D eigenvalue weighted by molar-refractivity contribution is 6.03. The first-order valence-electron chi connectivity index (χ1n) is 14.4. The normalized spacial score (nSPS) is 31.9. The van der Waals surface area contributed by atoms with E-state index in [1.165, 1.54) is 4.90 Å². The molecule has 3 aliphatic rings. The van der Waals surface area contributed by atoms with Gasteiger partial charge in [0.25, 0.3) is 0 Å². The van der Waals surface area contributed by atoms with Crippen molar-refractivity contribution in [1.82, 2.24) is 4.90 Å². The van der Waals surface area contributed by atoms with Crippen molar-refractivity contribution >= 4 is 29.2 Å². The van der Waals surface area contributed by atoms with Gasteiger partial charge in [0.05, 0.1) is 30.8 Å². The molecule has 3 heterocycles. The smallest absolute Gasteiger partial charge is 0.312 e. The minimum Gasteiger partial charge on any atom is -0.466 e. The second kappa shape index (κ2) is 11.1. The molecule has 216 valence electrons. The number of fused-ring (bicyclic) bond motifs is 1. The molecule has 9 nitrogen and oxygen atoms in total. The van der Waals surface area contributed by atoms with Crippen molar-refractivity contribution in [3.05, 3.63) is 24.3 Å². The van der Waals surface area contributed by atoms with E-state index in [2.05, 4.69) is 24.1 Å². The number of amides is 2. The molecule has 0 aromatic heterocycles. The van der Waals surface area contributed by atoms with Crippen LogP contribution in [0.3, 0.4) is 0 Å². The van der Waals surface area contributed by atoms with Crippen molar-refractivity contribution in [2.75, 3.05) is 36.5 Å². The summed E-state index contributed by atoms with van der Waals surface area (Å²) in [6, 6.07) is 6.08. The van der Waals surface area contributed by atoms with Gasteiger partial charge in [-0.05, 0) is 76.6 Å². The molecule has 0 saturated carbocycles. The first-order valence-corrected chi connectivity index (χ1v) is 14.4. The molecule has 1 aromatic rings. The van der Waals surface area contributed by atoms with E-state index in [4.69, 9.17) is 9.47 Å². The minimum atomic E-state index is -1.18. The summed E-state index contributed by atoms with van der Waals surface area (Å²) < 4.78 is 12.1. The van der Waals surface area contributed by atoms with E-state index < -0.39 is 41.1 Å². The van der Waals surface area contributed by atoms with Crippen molar-refractivity contribution in [2.45, 2.75) is 84.6 Å². The molecule has 3 saturated heterocycles. The zero-order chi connectivity index (χ0) is 28.7. The first-order chi connectivity index (χ1) is 18.5. The number of anilines is 2.